The minimum atomic E-state index is 0.833. The molecule has 0 aliphatic carbocycles. The van der Waals surface area contributed by atoms with Gasteiger partial charge in [-0.15, -0.1) is 0 Å². The van der Waals surface area contributed by atoms with Gasteiger partial charge in [-0.25, -0.2) is 0 Å². The van der Waals surface area contributed by atoms with Crippen LogP contribution in [0.2, 0.25) is 0 Å². The molecule has 0 fully saturated rings. The maximum atomic E-state index is 4.47. The molecule has 3 rings (SSSR count). The number of rotatable bonds is 4. The van der Waals surface area contributed by atoms with Gasteiger partial charge in [0.25, 0.3) is 0 Å². The lowest BCUT2D eigenvalue weighted by atomic mass is 10.1. The second-order valence-electron chi connectivity index (χ2n) is 5.03. The molecule has 1 N–H and O–H groups in total. The summed E-state index contributed by atoms with van der Waals surface area (Å²) in [5.41, 5.74) is 4.72. The van der Waals surface area contributed by atoms with Crippen LogP contribution in [-0.2, 0) is 13.1 Å². The van der Waals surface area contributed by atoms with Gasteiger partial charge in [-0.2, -0.15) is 0 Å². The van der Waals surface area contributed by atoms with Gasteiger partial charge in [0.15, 0.2) is 0 Å². The van der Waals surface area contributed by atoms with Crippen LogP contribution in [0, 0.1) is 6.92 Å². The minimum Gasteiger partial charge on any atom is -0.380 e. The molecule has 0 atom stereocenters. The molecule has 0 unspecified atom stereocenters. The second-order valence-corrected chi connectivity index (χ2v) is 5.03. The van der Waals surface area contributed by atoms with Crippen molar-refractivity contribution in [2.24, 2.45) is 0 Å². The highest BCUT2D eigenvalue weighted by atomic mass is 14.9. The summed E-state index contributed by atoms with van der Waals surface area (Å²) >= 11 is 0. The average Bonchev–Trinajstić information content (AvgIpc) is 2.95. The summed E-state index contributed by atoms with van der Waals surface area (Å²) in [6.45, 7) is 6.09. The Balaban J connectivity index is 1.86. The number of aryl methyl sites for hydroxylation is 2. The Morgan fingerprint density at radius 2 is 2.10 bits per heavy atom. The van der Waals surface area contributed by atoms with Crippen LogP contribution >= 0.6 is 0 Å². The summed E-state index contributed by atoms with van der Waals surface area (Å²) in [6, 6.07) is 10.5. The van der Waals surface area contributed by atoms with E-state index in [1.54, 1.807) is 0 Å². The molecule has 3 aromatic rings. The first-order valence-electron chi connectivity index (χ1n) is 7.01. The number of nitrogens with zero attached hydrogens (tertiary/aromatic N) is 2. The molecule has 0 spiro atoms. The molecule has 3 heteroatoms. The van der Waals surface area contributed by atoms with Crippen molar-refractivity contribution in [1.82, 2.24) is 9.55 Å². The quantitative estimate of drug-likeness (QED) is 0.773. The lowest BCUT2D eigenvalue weighted by molar-refractivity contribution is 0.766. The van der Waals surface area contributed by atoms with E-state index in [1.807, 2.05) is 12.3 Å². The van der Waals surface area contributed by atoms with Crippen LogP contribution in [0.1, 0.15) is 18.1 Å². The fourth-order valence-electron chi connectivity index (χ4n) is 2.46. The Bertz CT molecular complexity index is 728. The van der Waals surface area contributed by atoms with E-state index >= 15 is 0 Å². The lowest BCUT2D eigenvalue weighted by Gasteiger charge is -2.10. The van der Waals surface area contributed by atoms with Crippen molar-refractivity contribution < 1.29 is 0 Å². The summed E-state index contributed by atoms with van der Waals surface area (Å²) in [5.74, 6) is 0. The highest BCUT2D eigenvalue weighted by molar-refractivity contribution is 5.93. The van der Waals surface area contributed by atoms with Crippen molar-refractivity contribution in [1.29, 1.82) is 0 Å². The summed E-state index contributed by atoms with van der Waals surface area (Å²) in [5, 5.41) is 4.70. The zero-order valence-electron chi connectivity index (χ0n) is 11.9. The smallest absolute Gasteiger partial charge is 0.0751 e. The van der Waals surface area contributed by atoms with Gasteiger partial charge < -0.3 is 9.88 Å². The minimum absolute atomic E-state index is 0.833. The number of nitrogens with one attached hydrogen (secondary N) is 1. The highest BCUT2D eigenvalue weighted by Crippen LogP contribution is 2.24. The van der Waals surface area contributed by atoms with Crippen molar-refractivity contribution >= 4 is 16.6 Å². The number of fused-ring (bicyclic) bond motifs is 1. The average molecular weight is 265 g/mol. The van der Waals surface area contributed by atoms with Gasteiger partial charge in [-0.3, -0.25) is 4.98 Å². The predicted molar refractivity (Wildman–Crippen MR) is 83.9 cm³/mol. The molecule has 0 saturated carbocycles. The first-order valence-corrected chi connectivity index (χ1v) is 7.01. The van der Waals surface area contributed by atoms with E-state index in [9.17, 15) is 0 Å². The summed E-state index contributed by atoms with van der Waals surface area (Å²) in [4.78, 5) is 4.47. The van der Waals surface area contributed by atoms with Gasteiger partial charge in [0, 0.05) is 42.8 Å². The van der Waals surface area contributed by atoms with Crippen molar-refractivity contribution in [2.45, 2.75) is 26.9 Å². The number of aromatic nitrogens is 2. The molecule has 0 radical (unpaired) electrons. The van der Waals surface area contributed by atoms with Crippen molar-refractivity contribution in [3.8, 4) is 0 Å². The van der Waals surface area contributed by atoms with Crippen LogP contribution in [0.5, 0.6) is 0 Å². The zero-order valence-corrected chi connectivity index (χ0v) is 11.9. The van der Waals surface area contributed by atoms with Crippen molar-refractivity contribution in [3.63, 3.8) is 0 Å². The third kappa shape index (κ3) is 2.39. The largest absolute Gasteiger partial charge is 0.380 e. The number of benzene rings is 1. The summed E-state index contributed by atoms with van der Waals surface area (Å²) < 4.78 is 2.19. The molecule has 0 aliphatic rings. The van der Waals surface area contributed by atoms with Crippen LogP contribution in [0.15, 0.2) is 48.9 Å². The van der Waals surface area contributed by atoms with E-state index in [-0.39, 0.29) is 0 Å². The Hall–Kier alpha value is -2.29. The van der Waals surface area contributed by atoms with E-state index in [1.165, 1.54) is 16.5 Å². The number of anilines is 1. The van der Waals surface area contributed by atoms with Gasteiger partial charge in [0.05, 0.1) is 5.52 Å². The Morgan fingerprint density at radius 1 is 1.20 bits per heavy atom. The molecule has 3 nitrogen and oxygen atoms in total. The SMILES string of the molecule is CCn1ccc(CNc2ccc(C)c3ncccc23)c1. The molecule has 0 bridgehead atoms. The number of hydrogen-bond donors (Lipinski definition) is 1. The summed E-state index contributed by atoms with van der Waals surface area (Å²) in [6.07, 6.45) is 6.15. The van der Waals surface area contributed by atoms with Gasteiger partial charge in [-0.05, 0) is 49.2 Å². The molecular formula is C17H19N3. The van der Waals surface area contributed by atoms with Gasteiger partial charge >= 0.3 is 0 Å². The normalized spacial score (nSPS) is 10.9. The van der Waals surface area contributed by atoms with E-state index in [2.05, 4.69) is 65.4 Å². The molecule has 0 saturated heterocycles. The lowest BCUT2D eigenvalue weighted by Crippen LogP contribution is -2.00. The van der Waals surface area contributed by atoms with Crippen LogP contribution in [0.3, 0.4) is 0 Å². The zero-order chi connectivity index (χ0) is 13.9. The van der Waals surface area contributed by atoms with E-state index in [0.717, 1.165) is 24.3 Å². The molecule has 20 heavy (non-hydrogen) atoms. The van der Waals surface area contributed by atoms with Crippen LogP contribution < -0.4 is 5.32 Å². The first kappa shape index (κ1) is 12.7. The van der Waals surface area contributed by atoms with E-state index in [4.69, 9.17) is 0 Å². The predicted octanol–water partition coefficient (Wildman–Crippen LogP) is 3.98. The van der Waals surface area contributed by atoms with Gasteiger partial charge in [0.1, 0.15) is 0 Å². The highest BCUT2D eigenvalue weighted by Gasteiger charge is 2.04. The van der Waals surface area contributed by atoms with Gasteiger partial charge in [0.2, 0.25) is 0 Å². The molecule has 2 aromatic heterocycles. The molecule has 2 heterocycles. The second kappa shape index (κ2) is 5.37. The van der Waals surface area contributed by atoms with E-state index in [0.29, 0.717) is 0 Å². The third-order valence-electron chi connectivity index (χ3n) is 3.63. The molecule has 0 amide bonds. The number of hydrogen-bond acceptors (Lipinski definition) is 2. The van der Waals surface area contributed by atoms with Crippen molar-refractivity contribution in [3.05, 3.63) is 60.0 Å². The molecule has 102 valence electrons. The Labute approximate surface area is 119 Å². The van der Waals surface area contributed by atoms with E-state index < -0.39 is 0 Å². The fraction of sp³-hybridized carbons (Fsp3) is 0.235. The summed E-state index contributed by atoms with van der Waals surface area (Å²) in [7, 11) is 0. The first-order chi connectivity index (χ1) is 9.78. The topological polar surface area (TPSA) is 29.9 Å². The molecule has 0 aliphatic heterocycles. The Morgan fingerprint density at radius 3 is 2.90 bits per heavy atom. The van der Waals surface area contributed by atoms with Crippen LogP contribution in [0.4, 0.5) is 5.69 Å². The third-order valence-corrected chi connectivity index (χ3v) is 3.63. The standard InChI is InChI=1S/C17H19N3/c1-3-20-10-8-14(12-20)11-19-16-7-6-13(2)17-15(16)5-4-9-18-17/h4-10,12,19H,3,11H2,1-2H3. The van der Waals surface area contributed by atoms with Crippen LogP contribution in [0.25, 0.3) is 10.9 Å². The van der Waals surface area contributed by atoms with Crippen LogP contribution in [-0.4, -0.2) is 9.55 Å². The van der Waals surface area contributed by atoms with Gasteiger partial charge in [-0.1, -0.05) is 6.07 Å². The number of pyridine rings is 1. The molecular weight excluding hydrogens is 246 g/mol. The Kier molecular flexibility index (Phi) is 3.42. The fourth-order valence-corrected chi connectivity index (χ4v) is 2.46. The maximum absolute atomic E-state index is 4.47. The molecule has 1 aromatic carbocycles. The van der Waals surface area contributed by atoms with Crippen molar-refractivity contribution in [2.75, 3.05) is 5.32 Å². The maximum Gasteiger partial charge on any atom is 0.0751 e. The monoisotopic (exact) mass is 265 g/mol.